The second-order valence-electron chi connectivity index (χ2n) is 5.72. The Bertz CT molecular complexity index is 384. The first-order chi connectivity index (χ1) is 7.86. The molecular formula is C11H16O6. The lowest BCUT2D eigenvalue weighted by molar-refractivity contribution is -0.281. The summed E-state index contributed by atoms with van der Waals surface area (Å²) in [7, 11) is 0. The number of ether oxygens (including phenoxy) is 5. The molecule has 0 radical (unpaired) electrons. The van der Waals surface area contributed by atoms with Gasteiger partial charge in [-0.15, -0.1) is 0 Å². The topological polar surface area (TPSA) is 66.4 Å². The molecule has 6 atom stereocenters. The van der Waals surface area contributed by atoms with Crippen LogP contribution in [-0.4, -0.2) is 53.5 Å². The highest BCUT2D eigenvalue weighted by Gasteiger charge is 2.79. The molecule has 4 rings (SSSR count). The molecule has 6 heteroatoms. The SMILES string of the molecule is CC1(C)O[C@H]2O[C@@H]3[C@H]4CO[C@](C)(O4)[C@]3(O)[C@H]2O1. The molecule has 0 spiro atoms. The van der Waals surface area contributed by atoms with Crippen LogP contribution < -0.4 is 0 Å². The first kappa shape index (κ1) is 10.7. The van der Waals surface area contributed by atoms with E-state index < -0.39 is 35.7 Å². The van der Waals surface area contributed by atoms with Gasteiger partial charge in [-0.25, -0.2) is 0 Å². The van der Waals surface area contributed by atoms with Crippen LogP contribution >= 0.6 is 0 Å². The molecule has 0 amide bonds. The molecule has 0 aromatic rings. The summed E-state index contributed by atoms with van der Waals surface area (Å²) in [5, 5.41) is 10.9. The van der Waals surface area contributed by atoms with Crippen LogP contribution in [-0.2, 0) is 23.7 Å². The van der Waals surface area contributed by atoms with Crippen molar-refractivity contribution in [2.75, 3.05) is 6.61 Å². The zero-order chi connectivity index (χ0) is 12.1. The standard InChI is InChI=1S/C11H16O6/c1-9(2)16-7-8(17-9)14-6-5-4-13-10(3,15-5)11(6,7)12/h5-8,12H,4H2,1-3H3/t5-,6-,7+,8-,10-,11-/m1/s1. The zero-order valence-electron chi connectivity index (χ0n) is 10.0. The van der Waals surface area contributed by atoms with Gasteiger partial charge >= 0.3 is 0 Å². The normalized spacial score (nSPS) is 62.8. The summed E-state index contributed by atoms with van der Waals surface area (Å²) in [6.07, 6.45) is -1.80. The smallest absolute Gasteiger partial charge is 0.200 e. The van der Waals surface area contributed by atoms with Crippen LogP contribution in [0.15, 0.2) is 0 Å². The minimum absolute atomic E-state index is 0.245. The zero-order valence-corrected chi connectivity index (χ0v) is 10.0. The van der Waals surface area contributed by atoms with E-state index in [4.69, 9.17) is 23.7 Å². The van der Waals surface area contributed by atoms with E-state index in [1.54, 1.807) is 20.8 Å². The first-order valence-corrected chi connectivity index (χ1v) is 5.91. The van der Waals surface area contributed by atoms with Gasteiger partial charge in [0.2, 0.25) is 5.79 Å². The molecule has 4 heterocycles. The van der Waals surface area contributed by atoms with E-state index in [0.29, 0.717) is 6.61 Å². The summed E-state index contributed by atoms with van der Waals surface area (Å²) in [5.74, 6) is -1.82. The lowest BCUT2D eigenvalue weighted by atomic mass is 9.83. The summed E-state index contributed by atoms with van der Waals surface area (Å²) in [6.45, 7) is 5.76. The van der Waals surface area contributed by atoms with Crippen molar-refractivity contribution in [2.24, 2.45) is 0 Å². The maximum Gasteiger partial charge on any atom is 0.200 e. The van der Waals surface area contributed by atoms with Crippen molar-refractivity contribution in [2.45, 2.75) is 62.5 Å². The predicted octanol–water partition coefficient (Wildman–Crippen LogP) is -0.261. The third kappa shape index (κ3) is 1.03. The Labute approximate surface area is 98.7 Å². The van der Waals surface area contributed by atoms with Gasteiger partial charge in [0, 0.05) is 0 Å². The molecule has 0 aromatic carbocycles. The van der Waals surface area contributed by atoms with Crippen LogP contribution in [0.2, 0.25) is 0 Å². The summed E-state index contributed by atoms with van der Waals surface area (Å²) in [5.41, 5.74) is -1.30. The van der Waals surface area contributed by atoms with Crippen molar-refractivity contribution in [1.29, 1.82) is 0 Å². The fraction of sp³-hybridized carbons (Fsp3) is 1.00. The van der Waals surface area contributed by atoms with Crippen LogP contribution in [0.25, 0.3) is 0 Å². The number of hydrogen-bond donors (Lipinski definition) is 1. The second kappa shape index (κ2) is 2.68. The van der Waals surface area contributed by atoms with Crippen molar-refractivity contribution < 1.29 is 28.8 Å². The van der Waals surface area contributed by atoms with E-state index in [9.17, 15) is 5.11 Å². The maximum absolute atomic E-state index is 10.9. The number of rotatable bonds is 0. The molecule has 4 saturated heterocycles. The minimum Gasteiger partial charge on any atom is -0.379 e. The predicted molar refractivity (Wildman–Crippen MR) is 52.9 cm³/mol. The van der Waals surface area contributed by atoms with Gasteiger partial charge < -0.3 is 28.8 Å². The summed E-state index contributed by atoms with van der Waals surface area (Å²) < 4.78 is 28.3. The third-order valence-electron chi connectivity index (χ3n) is 4.17. The molecule has 0 unspecified atom stereocenters. The first-order valence-electron chi connectivity index (χ1n) is 5.91. The van der Waals surface area contributed by atoms with E-state index in [1.807, 2.05) is 0 Å². The number of aliphatic hydroxyl groups is 1. The van der Waals surface area contributed by atoms with Gasteiger partial charge in [-0.1, -0.05) is 0 Å². The Hall–Kier alpha value is -0.240. The van der Waals surface area contributed by atoms with Crippen LogP contribution in [0.4, 0.5) is 0 Å². The van der Waals surface area contributed by atoms with Gasteiger partial charge in [0.15, 0.2) is 17.7 Å². The van der Waals surface area contributed by atoms with Crippen molar-refractivity contribution in [3.63, 3.8) is 0 Å². The Morgan fingerprint density at radius 3 is 2.59 bits per heavy atom. The van der Waals surface area contributed by atoms with Gasteiger partial charge in [-0.05, 0) is 20.8 Å². The van der Waals surface area contributed by atoms with Gasteiger partial charge in [0.1, 0.15) is 18.3 Å². The summed E-state index contributed by atoms with van der Waals surface area (Å²) in [6, 6.07) is 0. The van der Waals surface area contributed by atoms with Gasteiger partial charge in [0.25, 0.3) is 0 Å². The average molecular weight is 244 g/mol. The van der Waals surface area contributed by atoms with Crippen molar-refractivity contribution in [3.8, 4) is 0 Å². The van der Waals surface area contributed by atoms with Crippen molar-refractivity contribution >= 4 is 0 Å². The fourth-order valence-corrected chi connectivity index (χ4v) is 3.38. The van der Waals surface area contributed by atoms with Crippen molar-refractivity contribution in [1.82, 2.24) is 0 Å². The fourth-order valence-electron chi connectivity index (χ4n) is 3.38. The molecular weight excluding hydrogens is 228 g/mol. The highest BCUT2D eigenvalue weighted by molar-refractivity contribution is 5.20. The molecule has 4 fully saturated rings. The van der Waals surface area contributed by atoms with E-state index in [0.717, 1.165) is 0 Å². The largest absolute Gasteiger partial charge is 0.379 e. The number of hydrogen-bond acceptors (Lipinski definition) is 6. The molecule has 1 N–H and O–H groups in total. The molecule has 0 aromatic heterocycles. The second-order valence-corrected chi connectivity index (χ2v) is 5.72. The number of fused-ring (bicyclic) bond motifs is 7. The highest BCUT2D eigenvalue weighted by Crippen LogP contribution is 2.57. The molecule has 2 bridgehead atoms. The molecule has 96 valence electrons. The van der Waals surface area contributed by atoms with E-state index >= 15 is 0 Å². The minimum atomic E-state index is -1.30. The van der Waals surface area contributed by atoms with Crippen LogP contribution in [0.1, 0.15) is 20.8 Å². The van der Waals surface area contributed by atoms with Gasteiger partial charge in [-0.2, -0.15) is 0 Å². The Kier molecular flexibility index (Phi) is 1.68. The van der Waals surface area contributed by atoms with Crippen LogP contribution in [0, 0.1) is 0 Å². The van der Waals surface area contributed by atoms with Crippen LogP contribution in [0.5, 0.6) is 0 Å². The maximum atomic E-state index is 10.9. The molecule has 0 aliphatic carbocycles. The van der Waals surface area contributed by atoms with E-state index in [1.165, 1.54) is 0 Å². The van der Waals surface area contributed by atoms with E-state index in [2.05, 4.69) is 0 Å². The Balaban J connectivity index is 1.76. The van der Waals surface area contributed by atoms with E-state index in [-0.39, 0.29) is 6.10 Å². The monoisotopic (exact) mass is 244 g/mol. The summed E-state index contributed by atoms with van der Waals surface area (Å²) in [4.78, 5) is 0. The molecule has 6 nitrogen and oxygen atoms in total. The van der Waals surface area contributed by atoms with Crippen LogP contribution in [0.3, 0.4) is 0 Å². The van der Waals surface area contributed by atoms with Gasteiger partial charge in [-0.3, -0.25) is 0 Å². The average Bonchev–Trinajstić information content (AvgIpc) is 2.84. The molecule has 0 saturated carbocycles. The lowest BCUT2D eigenvalue weighted by Gasteiger charge is -2.39. The Morgan fingerprint density at radius 2 is 1.82 bits per heavy atom. The molecule has 4 aliphatic heterocycles. The van der Waals surface area contributed by atoms with Gasteiger partial charge in [0.05, 0.1) is 6.61 Å². The summed E-state index contributed by atoms with van der Waals surface area (Å²) >= 11 is 0. The Morgan fingerprint density at radius 1 is 1.06 bits per heavy atom. The third-order valence-corrected chi connectivity index (χ3v) is 4.17. The molecule has 17 heavy (non-hydrogen) atoms. The lowest BCUT2D eigenvalue weighted by Crippen LogP contribution is -2.63. The quantitative estimate of drug-likeness (QED) is 0.633. The highest BCUT2D eigenvalue weighted by atomic mass is 16.9. The molecule has 4 aliphatic rings. The van der Waals surface area contributed by atoms with Crippen molar-refractivity contribution in [3.05, 3.63) is 0 Å².